The minimum atomic E-state index is -0.0357. The summed E-state index contributed by atoms with van der Waals surface area (Å²) in [5.74, 6) is 0.148. The molecule has 0 unspecified atom stereocenters. The van der Waals surface area contributed by atoms with Gasteiger partial charge in [-0.25, -0.2) is 0 Å². The molecule has 0 fully saturated rings. The number of rotatable bonds is 5. The highest BCUT2D eigenvalue weighted by atomic mass is 35.5. The summed E-state index contributed by atoms with van der Waals surface area (Å²) in [6, 6.07) is 6.24. The van der Waals surface area contributed by atoms with Crippen molar-refractivity contribution in [1.29, 1.82) is 0 Å². The maximum absolute atomic E-state index is 12.3. The Balaban J connectivity index is 0.00000361. The van der Waals surface area contributed by atoms with Crippen LogP contribution in [0.15, 0.2) is 18.2 Å². The van der Waals surface area contributed by atoms with Gasteiger partial charge in [0.05, 0.1) is 6.42 Å². The summed E-state index contributed by atoms with van der Waals surface area (Å²) in [6.45, 7) is 9.52. The van der Waals surface area contributed by atoms with Gasteiger partial charge in [-0.3, -0.25) is 4.79 Å². The van der Waals surface area contributed by atoms with Gasteiger partial charge in [-0.2, -0.15) is 0 Å². The van der Waals surface area contributed by atoms with Crippen LogP contribution in [0.5, 0.6) is 0 Å². The Morgan fingerprint density at radius 3 is 2.45 bits per heavy atom. The monoisotopic (exact) mass is 298 g/mol. The van der Waals surface area contributed by atoms with E-state index in [0.29, 0.717) is 19.5 Å². The Hall–Kier alpha value is -1.06. The second kappa shape index (κ2) is 7.65. The molecule has 20 heavy (non-hydrogen) atoms. The highest BCUT2D eigenvalue weighted by molar-refractivity contribution is 5.85. The molecule has 0 aliphatic rings. The summed E-state index contributed by atoms with van der Waals surface area (Å²) in [5.41, 5.74) is 9.16. The van der Waals surface area contributed by atoms with Crippen molar-refractivity contribution in [3.8, 4) is 0 Å². The standard InChI is InChI=1S/C16H26N2O.ClH/c1-12-6-7-13(2)14(8-12)9-15(19)18(5)11-16(3,4)10-17;/h6-8H,9-11,17H2,1-5H3;1H. The van der Waals surface area contributed by atoms with Crippen LogP contribution in [0.25, 0.3) is 0 Å². The molecule has 0 radical (unpaired) electrons. The second-order valence-corrected chi connectivity index (χ2v) is 6.22. The fourth-order valence-electron chi connectivity index (χ4n) is 2.08. The highest BCUT2D eigenvalue weighted by Gasteiger charge is 2.21. The lowest BCUT2D eigenvalue weighted by atomic mass is 9.93. The average molecular weight is 299 g/mol. The summed E-state index contributed by atoms with van der Waals surface area (Å²) in [4.78, 5) is 14.0. The molecule has 0 bridgehead atoms. The second-order valence-electron chi connectivity index (χ2n) is 6.22. The number of aryl methyl sites for hydroxylation is 2. The first kappa shape index (κ1) is 18.9. The number of nitrogens with two attached hydrogens (primary N) is 1. The quantitative estimate of drug-likeness (QED) is 0.908. The lowest BCUT2D eigenvalue weighted by Crippen LogP contribution is -2.40. The Labute approximate surface area is 128 Å². The molecule has 4 heteroatoms. The Kier molecular flexibility index (Phi) is 7.25. The summed E-state index contributed by atoms with van der Waals surface area (Å²) < 4.78 is 0. The summed E-state index contributed by atoms with van der Waals surface area (Å²) in [7, 11) is 1.85. The smallest absolute Gasteiger partial charge is 0.226 e. The van der Waals surface area contributed by atoms with Crippen molar-refractivity contribution in [3.05, 3.63) is 34.9 Å². The van der Waals surface area contributed by atoms with Crippen molar-refractivity contribution in [2.45, 2.75) is 34.1 Å². The Bertz CT molecular complexity index is 458. The van der Waals surface area contributed by atoms with Crippen LogP contribution in [-0.4, -0.2) is 30.9 Å². The molecule has 1 aromatic rings. The zero-order chi connectivity index (χ0) is 14.6. The van der Waals surface area contributed by atoms with E-state index in [1.165, 1.54) is 11.1 Å². The number of likely N-dealkylation sites (N-methyl/N-ethyl adjacent to an activating group) is 1. The van der Waals surface area contributed by atoms with Crippen molar-refractivity contribution >= 4 is 18.3 Å². The number of amides is 1. The number of hydrogen-bond donors (Lipinski definition) is 1. The first-order valence-corrected chi connectivity index (χ1v) is 6.75. The first-order chi connectivity index (χ1) is 8.75. The van der Waals surface area contributed by atoms with Crippen molar-refractivity contribution in [2.75, 3.05) is 20.1 Å². The van der Waals surface area contributed by atoms with Gasteiger partial charge in [-0.05, 0) is 36.9 Å². The molecule has 0 aliphatic carbocycles. The van der Waals surface area contributed by atoms with Gasteiger partial charge in [0.2, 0.25) is 5.91 Å². The van der Waals surface area contributed by atoms with Crippen molar-refractivity contribution < 1.29 is 4.79 Å². The summed E-state index contributed by atoms with van der Waals surface area (Å²) in [5, 5.41) is 0. The number of halogens is 1. The topological polar surface area (TPSA) is 46.3 Å². The van der Waals surface area contributed by atoms with Crippen LogP contribution >= 0.6 is 12.4 Å². The third kappa shape index (κ3) is 5.51. The Morgan fingerprint density at radius 1 is 1.30 bits per heavy atom. The third-order valence-electron chi connectivity index (χ3n) is 3.49. The van der Waals surface area contributed by atoms with E-state index >= 15 is 0 Å². The molecule has 0 atom stereocenters. The number of benzene rings is 1. The fraction of sp³-hybridized carbons (Fsp3) is 0.562. The molecule has 114 valence electrons. The van der Waals surface area contributed by atoms with Gasteiger partial charge in [-0.15, -0.1) is 12.4 Å². The summed E-state index contributed by atoms with van der Waals surface area (Å²) >= 11 is 0. The van der Waals surface area contributed by atoms with Crippen molar-refractivity contribution in [2.24, 2.45) is 11.1 Å². The van der Waals surface area contributed by atoms with Gasteiger partial charge in [0.15, 0.2) is 0 Å². The van der Waals surface area contributed by atoms with Gasteiger partial charge in [0.1, 0.15) is 0 Å². The minimum absolute atomic E-state index is 0. The first-order valence-electron chi connectivity index (χ1n) is 6.75. The van der Waals surface area contributed by atoms with Crippen LogP contribution in [0.1, 0.15) is 30.5 Å². The maximum atomic E-state index is 12.3. The predicted octanol–water partition coefficient (Wildman–Crippen LogP) is 2.71. The van der Waals surface area contributed by atoms with Crippen molar-refractivity contribution in [1.82, 2.24) is 4.90 Å². The number of carbonyl (C=O) groups excluding carboxylic acids is 1. The average Bonchev–Trinajstić information content (AvgIpc) is 2.33. The van der Waals surface area contributed by atoms with E-state index in [9.17, 15) is 4.79 Å². The third-order valence-corrected chi connectivity index (χ3v) is 3.49. The van der Waals surface area contributed by atoms with E-state index in [1.807, 2.05) is 14.0 Å². The van der Waals surface area contributed by atoms with Crippen LogP contribution in [0.4, 0.5) is 0 Å². The Morgan fingerprint density at radius 2 is 1.90 bits per heavy atom. The molecule has 0 heterocycles. The zero-order valence-electron chi connectivity index (χ0n) is 13.2. The highest BCUT2D eigenvalue weighted by Crippen LogP contribution is 2.16. The van der Waals surface area contributed by atoms with Crippen LogP contribution in [0.2, 0.25) is 0 Å². The minimum Gasteiger partial charge on any atom is -0.345 e. The molecular formula is C16H27ClN2O. The molecule has 1 rings (SSSR count). The van der Waals surface area contributed by atoms with E-state index in [0.717, 1.165) is 5.56 Å². The van der Waals surface area contributed by atoms with Crippen LogP contribution in [0, 0.1) is 19.3 Å². The van der Waals surface area contributed by atoms with E-state index in [2.05, 4.69) is 39.0 Å². The van der Waals surface area contributed by atoms with Gasteiger partial charge in [0, 0.05) is 13.6 Å². The van der Waals surface area contributed by atoms with E-state index < -0.39 is 0 Å². The van der Waals surface area contributed by atoms with Crippen LogP contribution in [0.3, 0.4) is 0 Å². The molecular weight excluding hydrogens is 272 g/mol. The number of hydrogen-bond acceptors (Lipinski definition) is 2. The molecule has 0 saturated carbocycles. The normalized spacial score (nSPS) is 10.9. The summed E-state index contributed by atoms with van der Waals surface area (Å²) in [6.07, 6.45) is 0.463. The zero-order valence-corrected chi connectivity index (χ0v) is 14.0. The van der Waals surface area contributed by atoms with Gasteiger partial charge in [-0.1, -0.05) is 37.6 Å². The van der Waals surface area contributed by atoms with Crippen molar-refractivity contribution in [3.63, 3.8) is 0 Å². The van der Waals surface area contributed by atoms with Crippen LogP contribution < -0.4 is 5.73 Å². The molecule has 0 aromatic heterocycles. The lowest BCUT2D eigenvalue weighted by Gasteiger charge is -2.29. The van der Waals surface area contributed by atoms with E-state index in [4.69, 9.17) is 5.73 Å². The maximum Gasteiger partial charge on any atom is 0.226 e. The molecule has 1 aromatic carbocycles. The number of nitrogens with zero attached hydrogens (tertiary/aromatic N) is 1. The molecule has 0 spiro atoms. The van der Waals surface area contributed by atoms with E-state index in [-0.39, 0.29) is 23.7 Å². The molecule has 2 N–H and O–H groups in total. The van der Waals surface area contributed by atoms with Gasteiger partial charge < -0.3 is 10.6 Å². The largest absolute Gasteiger partial charge is 0.345 e. The van der Waals surface area contributed by atoms with Gasteiger partial charge >= 0.3 is 0 Å². The van der Waals surface area contributed by atoms with Crippen LogP contribution in [-0.2, 0) is 11.2 Å². The van der Waals surface area contributed by atoms with E-state index in [1.54, 1.807) is 4.90 Å². The molecule has 3 nitrogen and oxygen atoms in total. The van der Waals surface area contributed by atoms with Gasteiger partial charge in [0.25, 0.3) is 0 Å². The molecule has 0 saturated heterocycles. The molecule has 0 aliphatic heterocycles. The molecule has 1 amide bonds. The number of carbonyl (C=O) groups is 1. The fourth-order valence-corrected chi connectivity index (χ4v) is 2.08. The SMILES string of the molecule is Cc1ccc(C)c(CC(=O)N(C)CC(C)(C)CN)c1.Cl. The predicted molar refractivity (Wildman–Crippen MR) is 87.3 cm³/mol. The lowest BCUT2D eigenvalue weighted by molar-refractivity contribution is -0.130.